The predicted molar refractivity (Wildman–Crippen MR) is 77.9 cm³/mol. The van der Waals surface area contributed by atoms with Crippen molar-refractivity contribution in [3.8, 4) is 0 Å². The van der Waals surface area contributed by atoms with E-state index in [1.54, 1.807) is 6.92 Å². The summed E-state index contributed by atoms with van der Waals surface area (Å²) in [6.45, 7) is 5.85. The van der Waals surface area contributed by atoms with Gasteiger partial charge < -0.3 is 9.64 Å². The molecule has 1 fully saturated rings. The second-order valence-electron chi connectivity index (χ2n) is 5.51. The summed E-state index contributed by atoms with van der Waals surface area (Å²) in [5.41, 5.74) is 0. The summed E-state index contributed by atoms with van der Waals surface area (Å²) in [5, 5.41) is 0. The number of hydrogen-bond donors (Lipinski definition) is 1. The fraction of sp³-hybridized carbons (Fsp3) is 0.846. The number of amides is 1. The van der Waals surface area contributed by atoms with Gasteiger partial charge in [-0.25, -0.2) is 13.1 Å². The second-order valence-corrected chi connectivity index (χ2v) is 7.38. The van der Waals surface area contributed by atoms with Crippen molar-refractivity contribution in [2.45, 2.75) is 33.2 Å². The van der Waals surface area contributed by atoms with Crippen LogP contribution in [0.25, 0.3) is 0 Å². The maximum absolute atomic E-state index is 12.3. The van der Waals surface area contributed by atoms with E-state index in [1.807, 2.05) is 6.92 Å². The molecule has 1 saturated heterocycles. The van der Waals surface area contributed by atoms with Crippen LogP contribution >= 0.6 is 0 Å². The molecule has 21 heavy (non-hydrogen) atoms. The molecule has 122 valence electrons. The first-order chi connectivity index (χ1) is 9.71. The topological polar surface area (TPSA) is 92.8 Å². The van der Waals surface area contributed by atoms with Crippen LogP contribution in [0.4, 0.5) is 0 Å². The number of hydrogen-bond acceptors (Lipinski definition) is 5. The fourth-order valence-electron chi connectivity index (χ4n) is 2.53. The molecule has 1 aliphatic heterocycles. The maximum Gasteiger partial charge on any atom is 0.310 e. The SMILES string of the molecule is CCCS(=O)(=O)NC(C)C(=O)N1CC(C)C(C(=O)OC)C1. The van der Waals surface area contributed by atoms with E-state index < -0.39 is 16.1 Å². The number of nitrogens with zero attached hydrogens (tertiary/aromatic N) is 1. The zero-order valence-electron chi connectivity index (χ0n) is 13.0. The van der Waals surface area contributed by atoms with Crippen LogP contribution < -0.4 is 4.72 Å². The number of carbonyl (C=O) groups is 2. The Kier molecular flexibility index (Phi) is 6.15. The number of ether oxygens (including phenoxy) is 1. The lowest BCUT2D eigenvalue weighted by molar-refractivity contribution is -0.146. The molecule has 8 heteroatoms. The van der Waals surface area contributed by atoms with Crippen molar-refractivity contribution in [1.82, 2.24) is 9.62 Å². The van der Waals surface area contributed by atoms with Gasteiger partial charge >= 0.3 is 5.97 Å². The summed E-state index contributed by atoms with van der Waals surface area (Å²) in [6, 6.07) is -0.829. The zero-order chi connectivity index (χ0) is 16.2. The minimum atomic E-state index is -3.44. The van der Waals surface area contributed by atoms with Gasteiger partial charge in [0.25, 0.3) is 0 Å². The summed E-state index contributed by atoms with van der Waals surface area (Å²) in [5.74, 6) is -1.00. The van der Waals surface area contributed by atoms with E-state index in [1.165, 1.54) is 18.9 Å². The lowest BCUT2D eigenvalue weighted by Gasteiger charge is -2.21. The van der Waals surface area contributed by atoms with Crippen LogP contribution in [0, 0.1) is 11.8 Å². The number of nitrogens with one attached hydrogen (secondary N) is 1. The summed E-state index contributed by atoms with van der Waals surface area (Å²) in [4.78, 5) is 25.4. The molecule has 0 aromatic heterocycles. The number of methoxy groups -OCH3 is 1. The van der Waals surface area contributed by atoms with Crippen molar-refractivity contribution in [3.05, 3.63) is 0 Å². The summed E-state index contributed by atoms with van der Waals surface area (Å²) < 4.78 is 30.5. The minimum absolute atomic E-state index is 0.000786. The second kappa shape index (κ2) is 7.22. The average molecular weight is 320 g/mol. The first-order valence-corrected chi connectivity index (χ1v) is 8.73. The largest absolute Gasteiger partial charge is 0.469 e. The quantitative estimate of drug-likeness (QED) is 0.694. The molecule has 1 aliphatic rings. The predicted octanol–water partition coefficient (Wildman–Crippen LogP) is -0.0282. The molecule has 1 amide bonds. The van der Waals surface area contributed by atoms with Gasteiger partial charge in [0, 0.05) is 13.1 Å². The van der Waals surface area contributed by atoms with Crippen LogP contribution in [-0.2, 0) is 24.3 Å². The lowest BCUT2D eigenvalue weighted by Crippen LogP contribution is -2.46. The molecule has 1 N–H and O–H groups in total. The monoisotopic (exact) mass is 320 g/mol. The molecular weight excluding hydrogens is 296 g/mol. The van der Waals surface area contributed by atoms with Crippen LogP contribution in [0.3, 0.4) is 0 Å². The van der Waals surface area contributed by atoms with Gasteiger partial charge in [-0.2, -0.15) is 0 Å². The molecule has 0 aliphatic carbocycles. The van der Waals surface area contributed by atoms with Crippen LogP contribution in [0.5, 0.6) is 0 Å². The summed E-state index contributed by atoms with van der Waals surface area (Å²) >= 11 is 0. The van der Waals surface area contributed by atoms with Crippen molar-refractivity contribution in [3.63, 3.8) is 0 Å². The zero-order valence-corrected chi connectivity index (χ0v) is 13.8. The molecule has 0 aromatic rings. The highest BCUT2D eigenvalue weighted by Crippen LogP contribution is 2.24. The molecular formula is C13H24N2O5S. The summed E-state index contributed by atoms with van der Waals surface area (Å²) in [6.07, 6.45) is 0.488. The molecule has 3 atom stereocenters. The summed E-state index contributed by atoms with van der Waals surface area (Å²) in [7, 11) is -2.12. The smallest absolute Gasteiger partial charge is 0.310 e. The number of rotatable bonds is 6. The number of carbonyl (C=O) groups excluding carboxylic acids is 2. The normalized spacial score (nSPS) is 23.9. The Hall–Kier alpha value is -1.15. The van der Waals surface area contributed by atoms with Crippen molar-refractivity contribution >= 4 is 21.9 Å². The Labute approximate surface area is 126 Å². The van der Waals surface area contributed by atoms with E-state index in [2.05, 4.69) is 4.72 Å². The highest BCUT2D eigenvalue weighted by Gasteiger charge is 2.39. The van der Waals surface area contributed by atoms with Crippen molar-refractivity contribution in [2.75, 3.05) is 26.0 Å². The molecule has 0 bridgehead atoms. The van der Waals surface area contributed by atoms with Crippen LogP contribution in [0.15, 0.2) is 0 Å². The van der Waals surface area contributed by atoms with Gasteiger partial charge in [-0.1, -0.05) is 13.8 Å². The van der Waals surface area contributed by atoms with E-state index in [4.69, 9.17) is 4.74 Å². The number of esters is 1. The van der Waals surface area contributed by atoms with Gasteiger partial charge in [-0.15, -0.1) is 0 Å². The van der Waals surface area contributed by atoms with Crippen LogP contribution in [0.1, 0.15) is 27.2 Å². The first-order valence-electron chi connectivity index (χ1n) is 7.08. The van der Waals surface area contributed by atoms with Gasteiger partial charge in [0.05, 0.1) is 24.8 Å². The molecule has 0 spiro atoms. The van der Waals surface area contributed by atoms with Gasteiger partial charge in [0.2, 0.25) is 15.9 Å². The average Bonchev–Trinajstić information content (AvgIpc) is 2.78. The number of sulfonamides is 1. The van der Waals surface area contributed by atoms with Crippen molar-refractivity contribution in [1.29, 1.82) is 0 Å². The van der Waals surface area contributed by atoms with Crippen molar-refractivity contribution < 1.29 is 22.7 Å². The highest BCUT2D eigenvalue weighted by atomic mass is 32.2. The first kappa shape index (κ1) is 17.9. The van der Waals surface area contributed by atoms with E-state index in [9.17, 15) is 18.0 Å². The van der Waals surface area contributed by atoms with Crippen LogP contribution in [-0.4, -0.2) is 57.2 Å². The lowest BCUT2D eigenvalue weighted by atomic mass is 9.99. The molecule has 7 nitrogen and oxygen atoms in total. The molecule has 0 radical (unpaired) electrons. The van der Waals surface area contributed by atoms with Gasteiger partial charge in [-0.05, 0) is 19.3 Å². The van der Waals surface area contributed by atoms with E-state index in [-0.39, 0.29) is 36.0 Å². The van der Waals surface area contributed by atoms with E-state index in [0.717, 1.165) is 0 Å². The third kappa shape index (κ3) is 4.67. The van der Waals surface area contributed by atoms with E-state index in [0.29, 0.717) is 13.0 Å². The Bertz CT molecular complexity index is 491. The Morgan fingerprint density at radius 2 is 2.00 bits per heavy atom. The maximum atomic E-state index is 12.3. The van der Waals surface area contributed by atoms with Gasteiger partial charge in [-0.3, -0.25) is 9.59 Å². The molecule has 1 heterocycles. The highest BCUT2D eigenvalue weighted by molar-refractivity contribution is 7.89. The molecule has 1 rings (SSSR count). The molecule has 3 unspecified atom stereocenters. The Morgan fingerprint density at radius 1 is 1.38 bits per heavy atom. The Morgan fingerprint density at radius 3 is 2.52 bits per heavy atom. The van der Waals surface area contributed by atoms with Gasteiger partial charge in [0.1, 0.15) is 0 Å². The van der Waals surface area contributed by atoms with Gasteiger partial charge in [0.15, 0.2) is 0 Å². The minimum Gasteiger partial charge on any atom is -0.469 e. The van der Waals surface area contributed by atoms with Crippen LogP contribution in [0.2, 0.25) is 0 Å². The number of likely N-dealkylation sites (tertiary alicyclic amines) is 1. The Balaban J connectivity index is 2.66. The fourth-order valence-corrected chi connectivity index (χ4v) is 3.82. The third-order valence-electron chi connectivity index (χ3n) is 3.63. The van der Waals surface area contributed by atoms with Crippen molar-refractivity contribution in [2.24, 2.45) is 11.8 Å². The van der Waals surface area contributed by atoms with E-state index >= 15 is 0 Å². The standard InChI is InChI=1S/C13H24N2O5S/c1-5-6-21(18,19)14-10(3)12(16)15-7-9(2)11(8-15)13(17)20-4/h9-11,14H,5-8H2,1-4H3. The molecule has 0 aromatic carbocycles. The third-order valence-corrected chi connectivity index (χ3v) is 5.29. The molecule has 0 saturated carbocycles.